The van der Waals surface area contributed by atoms with Gasteiger partial charge in [0.05, 0.1) is 13.2 Å². The molecular weight excluding hydrogens is 128 g/mol. The molecule has 10 heavy (non-hydrogen) atoms. The van der Waals surface area contributed by atoms with Crippen molar-refractivity contribution in [2.45, 2.75) is 26.7 Å². The lowest BCUT2D eigenvalue weighted by atomic mass is 10.3. The standard InChI is InChI=1S/C8H16O2/c1-3-9-7-5-6-8-10-4-2/h3-4H,5-8H2,1-2H3. The number of unbranched alkanes of at least 4 members (excludes halogenated alkanes) is 1. The highest BCUT2D eigenvalue weighted by molar-refractivity contribution is 4.42. The molecule has 0 fully saturated rings. The van der Waals surface area contributed by atoms with Gasteiger partial charge in [-0.3, -0.25) is 0 Å². The van der Waals surface area contributed by atoms with Gasteiger partial charge in [-0.2, -0.15) is 0 Å². The molecule has 0 saturated carbocycles. The minimum atomic E-state index is 0.809. The Bertz CT molecular complexity index is 47.2. The molecule has 0 unspecified atom stereocenters. The molecular formula is C8H16O2. The van der Waals surface area contributed by atoms with Gasteiger partial charge in [-0.1, -0.05) is 0 Å². The molecule has 0 aromatic heterocycles. The monoisotopic (exact) mass is 144 g/mol. The van der Waals surface area contributed by atoms with Crippen LogP contribution in [0.3, 0.4) is 0 Å². The zero-order valence-electron chi connectivity index (χ0n) is 6.80. The van der Waals surface area contributed by atoms with Crippen LogP contribution in [0.5, 0.6) is 0 Å². The molecule has 0 bridgehead atoms. The van der Waals surface area contributed by atoms with E-state index in [9.17, 15) is 0 Å². The molecule has 0 aromatic rings. The lowest BCUT2D eigenvalue weighted by Crippen LogP contribution is -1.94. The molecule has 0 aliphatic carbocycles. The summed E-state index contributed by atoms with van der Waals surface area (Å²) in [6.07, 6.45) is 2.14. The van der Waals surface area contributed by atoms with E-state index in [1.807, 2.05) is 13.8 Å². The average molecular weight is 144 g/mol. The van der Waals surface area contributed by atoms with Crippen molar-refractivity contribution >= 4 is 0 Å². The fraction of sp³-hybridized carbons (Fsp3) is 0.750. The van der Waals surface area contributed by atoms with Crippen LogP contribution in [0.2, 0.25) is 0 Å². The summed E-state index contributed by atoms with van der Waals surface area (Å²) in [7, 11) is 0. The van der Waals surface area contributed by atoms with E-state index in [4.69, 9.17) is 9.47 Å². The predicted octanol–water partition coefficient (Wildman–Crippen LogP) is 2.16. The Morgan fingerprint density at radius 1 is 0.900 bits per heavy atom. The van der Waals surface area contributed by atoms with Crippen LogP contribution in [-0.4, -0.2) is 13.2 Å². The second-order valence-corrected chi connectivity index (χ2v) is 1.92. The van der Waals surface area contributed by atoms with Gasteiger partial charge in [-0.15, -0.1) is 0 Å². The van der Waals surface area contributed by atoms with Crippen LogP contribution in [-0.2, 0) is 9.47 Å². The number of hydrogen-bond acceptors (Lipinski definition) is 2. The molecule has 0 heterocycles. The maximum atomic E-state index is 5.02. The zero-order chi connectivity index (χ0) is 7.66. The van der Waals surface area contributed by atoms with E-state index in [0.717, 1.165) is 26.1 Å². The lowest BCUT2D eigenvalue weighted by Gasteiger charge is -2.00. The van der Waals surface area contributed by atoms with Gasteiger partial charge < -0.3 is 9.47 Å². The third kappa shape index (κ3) is 7.92. The number of rotatable bonds is 7. The molecule has 0 aliphatic rings. The van der Waals surface area contributed by atoms with Crippen LogP contribution < -0.4 is 0 Å². The molecule has 0 aliphatic heterocycles. The van der Waals surface area contributed by atoms with Gasteiger partial charge in [-0.25, -0.2) is 0 Å². The molecule has 2 heteroatoms. The average Bonchev–Trinajstić information content (AvgIpc) is 1.97. The Hall–Kier alpha value is -0.0800. The van der Waals surface area contributed by atoms with Crippen molar-refractivity contribution in [1.29, 1.82) is 0 Å². The normalized spacial score (nSPS) is 10.2. The fourth-order valence-electron chi connectivity index (χ4n) is 0.606. The van der Waals surface area contributed by atoms with E-state index >= 15 is 0 Å². The highest BCUT2D eigenvalue weighted by Gasteiger charge is 1.87. The minimum absolute atomic E-state index is 0.809. The molecule has 0 saturated heterocycles. The summed E-state index contributed by atoms with van der Waals surface area (Å²) in [5, 5.41) is 0. The summed E-state index contributed by atoms with van der Waals surface area (Å²) in [4.78, 5) is 0. The van der Waals surface area contributed by atoms with Crippen LogP contribution in [0.15, 0.2) is 0 Å². The van der Waals surface area contributed by atoms with Crippen molar-refractivity contribution in [3.63, 3.8) is 0 Å². The summed E-state index contributed by atoms with van der Waals surface area (Å²) in [5.74, 6) is 0. The van der Waals surface area contributed by atoms with Crippen LogP contribution in [0.1, 0.15) is 26.7 Å². The van der Waals surface area contributed by atoms with Crippen molar-refractivity contribution in [2.75, 3.05) is 13.2 Å². The van der Waals surface area contributed by atoms with Crippen molar-refractivity contribution in [3.8, 4) is 0 Å². The van der Waals surface area contributed by atoms with Crippen molar-refractivity contribution in [1.82, 2.24) is 0 Å². The molecule has 0 atom stereocenters. The van der Waals surface area contributed by atoms with E-state index in [1.54, 1.807) is 13.2 Å². The van der Waals surface area contributed by atoms with E-state index in [1.165, 1.54) is 0 Å². The first-order chi connectivity index (χ1) is 4.91. The van der Waals surface area contributed by atoms with Gasteiger partial charge in [0, 0.05) is 13.2 Å². The molecule has 60 valence electrons. The van der Waals surface area contributed by atoms with E-state index < -0.39 is 0 Å². The summed E-state index contributed by atoms with van der Waals surface area (Å²) >= 11 is 0. The fourth-order valence-corrected chi connectivity index (χ4v) is 0.606. The Morgan fingerprint density at radius 2 is 1.30 bits per heavy atom. The Balaban J connectivity index is 2.65. The van der Waals surface area contributed by atoms with Crippen molar-refractivity contribution < 1.29 is 9.47 Å². The number of hydrogen-bond donors (Lipinski definition) is 0. The zero-order valence-corrected chi connectivity index (χ0v) is 6.80. The Labute approximate surface area is 63.5 Å². The van der Waals surface area contributed by atoms with Gasteiger partial charge in [0.2, 0.25) is 0 Å². The van der Waals surface area contributed by atoms with E-state index in [-0.39, 0.29) is 0 Å². The third-order valence-corrected chi connectivity index (χ3v) is 1.11. The highest BCUT2D eigenvalue weighted by Crippen LogP contribution is 1.92. The summed E-state index contributed by atoms with van der Waals surface area (Å²) < 4.78 is 10.0. The third-order valence-electron chi connectivity index (χ3n) is 1.11. The summed E-state index contributed by atoms with van der Waals surface area (Å²) in [6, 6.07) is 0. The molecule has 0 rings (SSSR count). The SMILES string of the molecule is C[CH]OCCCCO[CH]C. The van der Waals surface area contributed by atoms with Crippen LogP contribution in [0.25, 0.3) is 0 Å². The molecule has 0 N–H and O–H groups in total. The van der Waals surface area contributed by atoms with Crippen molar-refractivity contribution in [3.05, 3.63) is 13.2 Å². The van der Waals surface area contributed by atoms with Gasteiger partial charge in [-0.05, 0) is 26.7 Å². The maximum absolute atomic E-state index is 5.02. The van der Waals surface area contributed by atoms with Crippen molar-refractivity contribution in [2.24, 2.45) is 0 Å². The first-order valence-corrected chi connectivity index (χ1v) is 3.70. The van der Waals surface area contributed by atoms with E-state index in [2.05, 4.69) is 0 Å². The molecule has 0 amide bonds. The Morgan fingerprint density at radius 3 is 1.60 bits per heavy atom. The van der Waals surface area contributed by atoms with Crippen LogP contribution in [0, 0.1) is 13.2 Å². The van der Waals surface area contributed by atoms with Gasteiger partial charge >= 0.3 is 0 Å². The highest BCUT2D eigenvalue weighted by atomic mass is 16.5. The topological polar surface area (TPSA) is 18.5 Å². The summed E-state index contributed by atoms with van der Waals surface area (Å²) in [6.45, 7) is 8.82. The smallest absolute Gasteiger partial charge is 0.0805 e. The molecule has 0 aromatic carbocycles. The minimum Gasteiger partial charge on any atom is -0.376 e. The largest absolute Gasteiger partial charge is 0.376 e. The summed E-state index contributed by atoms with van der Waals surface area (Å²) in [5.41, 5.74) is 0. The lowest BCUT2D eigenvalue weighted by molar-refractivity contribution is 0.165. The Kier molecular flexibility index (Phi) is 8.85. The first kappa shape index (κ1) is 9.92. The quantitative estimate of drug-likeness (QED) is 0.510. The first-order valence-electron chi connectivity index (χ1n) is 3.70. The maximum Gasteiger partial charge on any atom is 0.0805 e. The van der Waals surface area contributed by atoms with Gasteiger partial charge in [0.1, 0.15) is 0 Å². The predicted molar refractivity (Wildman–Crippen MR) is 41.1 cm³/mol. The van der Waals surface area contributed by atoms with E-state index in [0.29, 0.717) is 0 Å². The van der Waals surface area contributed by atoms with Gasteiger partial charge in [0.15, 0.2) is 0 Å². The van der Waals surface area contributed by atoms with Crippen LogP contribution in [0.4, 0.5) is 0 Å². The second-order valence-electron chi connectivity index (χ2n) is 1.92. The molecule has 2 nitrogen and oxygen atoms in total. The second kappa shape index (κ2) is 8.92. The number of ether oxygens (including phenoxy) is 2. The van der Waals surface area contributed by atoms with Gasteiger partial charge in [0.25, 0.3) is 0 Å². The van der Waals surface area contributed by atoms with Crippen LogP contribution >= 0.6 is 0 Å². The molecule has 2 radical (unpaired) electrons. The molecule has 0 spiro atoms.